The molecule has 0 unspecified atom stereocenters. The topological polar surface area (TPSA) is 81.2 Å². The van der Waals surface area contributed by atoms with Gasteiger partial charge in [-0.1, -0.05) is 19.1 Å². The molecule has 0 radical (unpaired) electrons. The summed E-state index contributed by atoms with van der Waals surface area (Å²) in [6.07, 6.45) is 0.617. The average Bonchev–Trinajstić information content (AvgIpc) is 2.16. The van der Waals surface area contributed by atoms with E-state index in [9.17, 15) is 10.1 Å². The molecule has 70 valence electrons. The minimum Gasteiger partial charge on any atom is -0.318 e. The molecule has 0 aliphatic carbocycles. The van der Waals surface area contributed by atoms with Crippen molar-refractivity contribution in [3.63, 3.8) is 0 Å². The number of nitrogens with one attached hydrogen (secondary N) is 1. The molecule has 1 aromatic rings. The molecule has 0 saturated heterocycles. The molecule has 5 heteroatoms. The van der Waals surface area contributed by atoms with Crippen LogP contribution in [0, 0.1) is 10.1 Å². The van der Waals surface area contributed by atoms with E-state index in [1.54, 1.807) is 18.2 Å². The first kappa shape index (κ1) is 9.47. The van der Waals surface area contributed by atoms with Crippen LogP contribution in [0.1, 0.15) is 12.5 Å². The van der Waals surface area contributed by atoms with Crippen molar-refractivity contribution in [3.8, 4) is 0 Å². The van der Waals surface area contributed by atoms with Crippen LogP contribution < -0.4 is 11.3 Å². The molecule has 1 aromatic carbocycles. The van der Waals surface area contributed by atoms with Crippen molar-refractivity contribution in [1.82, 2.24) is 0 Å². The normalized spacial score (nSPS) is 9.69. The number of aryl methyl sites for hydroxylation is 1. The first-order chi connectivity index (χ1) is 6.20. The van der Waals surface area contributed by atoms with Gasteiger partial charge in [0.05, 0.1) is 4.92 Å². The molecule has 0 fully saturated rings. The summed E-state index contributed by atoms with van der Waals surface area (Å²) in [5.74, 6) is 5.16. The Morgan fingerprint density at radius 2 is 2.31 bits per heavy atom. The van der Waals surface area contributed by atoms with Crippen LogP contribution in [0.3, 0.4) is 0 Å². The fourth-order valence-electron chi connectivity index (χ4n) is 1.21. The van der Waals surface area contributed by atoms with Crippen LogP contribution in [0.5, 0.6) is 0 Å². The molecular formula is C8H11N3O2. The number of rotatable bonds is 3. The van der Waals surface area contributed by atoms with Crippen molar-refractivity contribution in [3.05, 3.63) is 33.9 Å². The largest absolute Gasteiger partial charge is 0.318 e. The van der Waals surface area contributed by atoms with E-state index in [2.05, 4.69) is 5.43 Å². The maximum atomic E-state index is 10.7. The van der Waals surface area contributed by atoms with Gasteiger partial charge in [-0.25, -0.2) is 0 Å². The highest BCUT2D eigenvalue weighted by Gasteiger charge is 2.16. The molecule has 0 aliphatic rings. The molecule has 3 N–H and O–H groups in total. The Labute approximate surface area is 75.7 Å². The fraction of sp³-hybridized carbons (Fsp3) is 0.250. The number of nitrogen functional groups attached to an aromatic ring is 1. The summed E-state index contributed by atoms with van der Waals surface area (Å²) >= 11 is 0. The van der Waals surface area contributed by atoms with E-state index in [1.807, 2.05) is 6.92 Å². The van der Waals surface area contributed by atoms with Crippen LogP contribution in [-0.2, 0) is 6.42 Å². The maximum absolute atomic E-state index is 10.7. The van der Waals surface area contributed by atoms with E-state index in [1.165, 1.54) is 0 Å². The second-order valence-electron chi connectivity index (χ2n) is 2.57. The summed E-state index contributed by atoms with van der Waals surface area (Å²) < 4.78 is 0. The minimum absolute atomic E-state index is 0.0625. The lowest BCUT2D eigenvalue weighted by Gasteiger charge is -2.04. The summed E-state index contributed by atoms with van der Waals surface area (Å²) in [5.41, 5.74) is 3.40. The summed E-state index contributed by atoms with van der Waals surface area (Å²) in [6.45, 7) is 1.86. The molecule has 0 heterocycles. The Kier molecular flexibility index (Phi) is 2.81. The minimum atomic E-state index is -0.423. The number of nitrogens with zero attached hydrogens (tertiary/aromatic N) is 1. The summed E-state index contributed by atoms with van der Waals surface area (Å²) in [6, 6.07) is 5.04. The molecule has 0 aliphatic heterocycles. The van der Waals surface area contributed by atoms with Crippen molar-refractivity contribution < 1.29 is 4.92 Å². The quantitative estimate of drug-likeness (QED) is 0.420. The molecule has 0 atom stereocenters. The van der Waals surface area contributed by atoms with Crippen molar-refractivity contribution in [2.45, 2.75) is 13.3 Å². The highest BCUT2D eigenvalue weighted by Crippen LogP contribution is 2.27. The lowest BCUT2D eigenvalue weighted by atomic mass is 10.1. The van der Waals surface area contributed by atoms with Crippen LogP contribution in [0.4, 0.5) is 11.4 Å². The van der Waals surface area contributed by atoms with Gasteiger partial charge in [-0.3, -0.25) is 16.0 Å². The van der Waals surface area contributed by atoms with Gasteiger partial charge in [0, 0.05) is 5.56 Å². The number of nitro groups is 1. The van der Waals surface area contributed by atoms with Crippen LogP contribution in [0.2, 0.25) is 0 Å². The molecule has 5 nitrogen and oxygen atoms in total. The molecule has 0 saturated carbocycles. The third-order valence-corrected chi connectivity index (χ3v) is 1.84. The van der Waals surface area contributed by atoms with Crippen molar-refractivity contribution in [1.29, 1.82) is 0 Å². The number of para-hydroxylation sites is 1. The average molecular weight is 181 g/mol. The smallest absolute Gasteiger partial charge is 0.296 e. The zero-order valence-electron chi connectivity index (χ0n) is 7.28. The van der Waals surface area contributed by atoms with Gasteiger partial charge in [0.25, 0.3) is 5.69 Å². The standard InChI is InChI=1S/C8H11N3O2/c1-2-6-4-3-5-7(10-9)8(6)11(12)13/h3-5,10H,2,9H2,1H3. The summed E-state index contributed by atoms with van der Waals surface area (Å²) in [4.78, 5) is 10.2. The molecule has 0 amide bonds. The Balaban J connectivity index is 3.29. The molecular weight excluding hydrogens is 170 g/mol. The molecule has 1 rings (SSSR count). The first-order valence-electron chi connectivity index (χ1n) is 3.93. The fourth-order valence-corrected chi connectivity index (χ4v) is 1.21. The molecule has 0 spiro atoms. The van der Waals surface area contributed by atoms with E-state index < -0.39 is 4.92 Å². The van der Waals surface area contributed by atoms with E-state index >= 15 is 0 Å². The van der Waals surface area contributed by atoms with Crippen LogP contribution in [0.15, 0.2) is 18.2 Å². The summed E-state index contributed by atoms with van der Waals surface area (Å²) in [5, 5.41) is 10.7. The van der Waals surface area contributed by atoms with E-state index in [4.69, 9.17) is 5.84 Å². The third-order valence-electron chi connectivity index (χ3n) is 1.84. The monoisotopic (exact) mass is 181 g/mol. The van der Waals surface area contributed by atoms with Gasteiger partial charge in [0.1, 0.15) is 5.69 Å². The number of hydrazine groups is 1. The number of benzene rings is 1. The van der Waals surface area contributed by atoms with E-state index in [0.717, 1.165) is 0 Å². The Morgan fingerprint density at radius 1 is 1.62 bits per heavy atom. The van der Waals surface area contributed by atoms with E-state index in [-0.39, 0.29) is 5.69 Å². The Hall–Kier alpha value is -1.62. The Morgan fingerprint density at radius 3 is 2.77 bits per heavy atom. The van der Waals surface area contributed by atoms with Crippen molar-refractivity contribution in [2.24, 2.45) is 5.84 Å². The predicted octanol–water partition coefficient (Wildman–Crippen LogP) is 1.44. The molecule has 13 heavy (non-hydrogen) atoms. The lowest BCUT2D eigenvalue weighted by Crippen LogP contribution is -2.10. The first-order valence-corrected chi connectivity index (χ1v) is 3.93. The predicted molar refractivity (Wildman–Crippen MR) is 50.3 cm³/mol. The van der Waals surface area contributed by atoms with Gasteiger partial charge in [0.2, 0.25) is 0 Å². The zero-order chi connectivity index (χ0) is 9.84. The van der Waals surface area contributed by atoms with Gasteiger partial charge in [-0.05, 0) is 12.5 Å². The van der Waals surface area contributed by atoms with Crippen molar-refractivity contribution in [2.75, 3.05) is 5.43 Å². The number of nitro benzene ring substituents is 1. The highest BCUT2D eigenvalue weighted by atomic mass is 16.6. The zero-order valence-corrected chi connectivity index (χ0v) is 7.28. The van der Waals surface area contributed by atoms with Crippen LogP contribution in [-0.4, -0.2) is 4.92 Å². The number of anilines is 1. The molecule has 0 bridgehead atoms. The van der Waals surface area contributed by atoms with Gasteiger partial charge in [0.15, 0.2) is 0 Å². The number of hydrogen-bond acceptors (Lipinski definition) is 4. The van der Waals surface area contributed by atoms with Gasteiger partial charge >= 0.3 is 0 Å². The maximum Gasteiger partial charge on any atom is 0.296 e. The van der Waals surface area contributed by atoms with Gasteiger partial charge in [-0.2, -0.15) is 0 Å². The second-order valence-corrected chi connectivity index (χ2v) is 2.57. The van der Waals surface area contributed by atoms with Crippen LogP contribution >= 0.6 is 0 Å². The van der Waals surface area contributed by atoms with Crippen molar-refractivity contribution >= 4 is 11.4 Å². The number of hydrogen-bond donors (Lipinski definition) is 2. The highest BCUT2D eigenvalue weighted by molar-refractivity contribution is 5.64. The van der Waals surface area contributed by atoms with Crippen LogP contribution in [0.25, 0.3) is 0 Å². The van der Waals surface area contributed by atoms with Gasteiger partial charge < -0.3 is 5.43 Å². The molecule has 0 aromatic heterocycles. The van der Waals surface area contributed by atoms with E-state index in [0.29, 0.717) is 17.7 Å². The number of nitrogens with two attached hydrogens (primary N) is 1. The third kappa shape index (κ3) is 1.75. The lowest BCUT2D eigenvalue weighted by molar-refractivity contribution is -0.384. The Bertz CT molecular complexity index is 303. The summed E-state index contributed by atoms with van der Waals surface area (Å²) in [7, 11) is 0. The van der Waals surface area contributed by atoms with Gasteiger partial charge in [-0.15, -0.1) is 0 Å². The second kappa shape index (κ2) is 3.86. The SMILES string of the molecule is CCc1cccc(NN)c1[N+](=O)[O-].